The fourth-order valence-electron chi connectivity index (χ4n) is 2.34. The summed E-state index contributed by atoms with van der Waals surface area (Å²) in [6.07, 6.45) is 2.75. The summed E-state index contributed by atoms with van der Waals surface area (Å²) < 4.78 is 0. The molecule has 1 atom stereocenters. The smallest absolute Gasteiger partial charge is 0.336 e. The van der Waals surface area contributed by atoms with Crippen molar-refractivity contribution in [2.45, 2.75) is 18.9 Å². The number of rotatable bonds is 9. The van der Waals surface area contributed by atoms with Crippen LogP contribution in [-0.4, -0.2) is 56.5 Å². The molecule has 27 heavy (non-hydrogen) atoms. The van der Waals surface area contributed by atoms with Gasteiger partial charge in [0.15, 0.2) is 0 Å². The maximum absolute atomic E-state index is 12.1. The van der Waals surface area contributed by atoms with E-state index < -0.39 is 29.8 Å². The van der Waals surface area contributed by atoms with Gasteiger partial charge in [0.25, 0.3) is 5.91 Å². The van der Waals surface area contributed by atoms with Gasteiger partial charge in [-0.3, -0.25) is 9.59 Å². The number of hydrogen-bond donors (Lipinski definition) is 5. The van der Waals surface area contributed by atoms with E-state index in [0.717, 1.165) is 0 Å². The largest absolute Gasteiger partial charge is 0.480 e. The monoisotopic (exact) mass is 374 g/mol. The van der Waals surface area contributed by atoms with E-state index in [2.05, 4.69) is 20.6 Å². The summed E-state index contributed by atoms with van der Waals surface area (Å²) in [6.45, 7) is -0.0744. The lowest BCUT2D eigenvalue weighted by Gasteiger charge is -2.14. The number of benzene rings is 1. The van der Waals surface area contributed by atoms with E-state index in [0.29, 0.717) is 5.69 Å². The number of carboxylic acid groups (broad SMARTS) is 2. The number of aromatic nitrogens is 2. The summed E-state index contributed by atoms with van der Waals surface area (Å²) >= 11 is 0. The number of carbonyl (C=O) groups excluding carboxylic acids is 2. The van der Waals surface area contributed by atoms with Gasteiger partial charge in [0, 0.05) is 31.3 Å². The summed E-state index contributed by atoms with van der Waals surface area (Å²) in [7, 11) is 0. The van der Waals surface area contributed by atoms with Crippen molar-refractivity contribution in [3.63, 3.8) is 0 Å². The van der Waals surface area contributed by atoms with Gasteiger partial charge in [0.05, 0.1) is 17.5 Å². The van der Waals surface area contributed by atoms with Crippen molar-refractivity contribution in [1.29, 1.82) is 0 Å². The van der Waals surface area contributed by atoms with Gasteiger partial charge in [0.1, 0.15) is 6.04 Å². The molecule has 1 aromatic carbocycles. The van der Waals surface area contributed by atoms with Crippen molar-refractivity contribution in [1.82, 2.24) is 20.6 Å². The summed E-state index contributed by atoms with van der Waals surface area (Å²) in [6, 6.07) is 4.56. The summed E-state index contributed by atoms with van der Waals surface area (Å²) in [5, 5.41) is 23.1. The molecule has 0 spiro atoms. The highest BCUT2D eigenvalue weighted by Crippen LogP contribution is 2.08. The number of amides is 2. The maximum Gasteiger partial charge on any atom is 0.336 e. The standard InChI is InChI=1S/C17H18N4O6/c22-14(21-13(17(26)27)7-10-8-18-9-20-10)5-6-19-15(23)11-3-1-2-4-12(11)16(24)25/h1-4,8-9,13H,5-7H2,(H,18,20)(H,19,23)(H,21,22)(H,24,25)(H,26,27)/t13-/m0/s1. The van der Waals surface area contributed by atoms with Crippen LogP contribution in [0.25, 0.3) is 0 Å². The zero-order chi connectivity index (χ0) is 19.8. The number of aliphatic carboxylic acids is 1. The average molecular weight is 374 g/mol. The van der Waals surface area contributed by atoms with Gasteiger partial charge < -0.3 is 25.8 Å². The van der Waals surface area contributed by atoms with Crippen LogP contribution in [0.3, 0.4) is 0 Å². The molecule has 10 heteroatoms. The van der Waals surface area contributed by atoms with Gasteiger partial charge in [-0.15, -0.1) is 0 Å². The highest BCUT2D eigenvalue weighted by atomic mass is 16.4. The number of carboxylic acids is 2. The first kappa shape index (κ1) is 19.6. The normalized spacial score (nSPS) is 11.4. The van der Waals surface area contributed by atoms with Crippen LogP contribution < -0.4 is 10.6 Å². The minimum absolute atomic E-state index is 0.0203. The van der Waals surface area contributed by atoms with E-state index in [1.807, 2.05) is 0 Å². The van der Waals surface area contributed by atoms with Crippen molar-refractivity contribution in [3.05, 3.63) is 53.6 Å². The summed E-state index contributed by atoms with van der Waals surface area (Å²) in [5.41, 5.74) is 0.388. The Kier molecular flexibility index (Phi) is 6.64. The Morgan fingerprint density at radius 2 is 1.81 bits per heavy atom. The second-order valence-corrected chi connectivity index (χ2v) is 5.60. The van der Waals surface area contributed by atoms with E-state index in [9.17, 15) is 24.3 Å². The molecule has 5 N–H and O–H groups in total. The lowest BCUT2D eigenvalue weighted by Crippen LogP contribution is -2.43. The highest BCUT2D eigenvalue weighted by Gasteiger charge is 2.21. The second-order valence-electron chi connectivity index (χ2n) is 5.60. The molecule has 1 heterocycles. The Bertz CT molecular complexity index is 834. The molecule has 0 aliphatic heterocycles. The molecule has 0 aliphatic carbocycles. The first-order chi connectivity index (χ1) is 12.9. The van der Waals surface area contributed by atoms with Gasteiger partial charge in [-0.2, -0.15) is 0 Å². The zero-order valence-corrected chi connectivity index (χ0v) is 14.1. The van der Waals surface area contributed by atoms with E-state index >= 15 is 0 Å². The third-order valence-corrected chi connectivity index (χ3v) is 3.65. The molecule has 0 bridgehead atoms. The van der Waals surface area contributed by atoms with Crippen LogP contribution in [0.15, 0.2) is 36.8 Å². The first-order valence-electron chi connectivity index (χ1n) is 7.98. The molecule has 0 fully saturated rings. The fourth-order valence-corrected chi connectivity index (χ4v) is 2.34. The van der Waals surface area contributed by atoms with Gasteiger partial charge in [0.2, 0.25) is 5.91 Å². The molecule has 0 unspecified atom stereocenters. The molecule has 0 aliphatic rings. The molecular formula is C17H18N4O6. The minimum Gasteiger partial charge on any atom is -0.480 e. The molecule has 10 nitrogen and oxygen atoms in total. The Morgan fingerprint density at radius 1 is 1.11 bits per heavy atom. The molecule has 142 valence electrons. The van der Waals surface area contributed by atoms with Crippen LogP contribution in [-0.2, 0) is 16.0 Å². The second kappa shape index (κ2) is 9.13. The van der Waals surface area contributed by atoms with Crippen LogP contribution in [0.4, 0.5) is 0 Å². The van der Waals surface area contributed by atoms with Crippen molar-refractivity contribution in [2.24, 2.45) is 0 Å². The molecular weight excluding hydrogens is 356 g/mol. The minimum atomic E-state index is -1.23. The molecule has 2 rings (SSSR count). The number of nitrogens with one attached hydrogen (secondary N) is 3. The van der Waals surface area contributed by atoms with E-state index in [4.69, 9.17) is 5.11 Å². The number of nitrogens with zero attached hydrogens (tertiary/aromatic N) is 1. The van der Waals surface area contributed by atoms with Crippen molar-refractivity contribution in [2.75, 3.05) is 6.54 Å². The molecule has 1 aromatic heterocycles. The lowest BCUT2D eigenvalue weighted by atomic mass is 10.1. The topological polar surface area (TPSA) is 161 Å². The summed E-state index contributed by atoms with van der Waals surface area (Å²) in [5.74, 6) is -3.62. The van der Waals surface area contributed by atoms with Crippen LogP contribution >= 0.6 is 0 Å². The Balaban J connectivity index is 1.85. The van der Waals surface area contributed by atoms with Crippen LogP contribution in [0.2, 0.25) is 0 Å². The predicted molar refractivity (Wildman–Crippen MR) is 92.2 cm³/mol. The van der Waals surface area contributed by atoms with Gasteiger partial charge in [-0.1, -0.05) is 12.1 Å². The van der Waals surface area contributed by atoms with Crippen LogP contribution in [0, 0.1) is 0 Å². The number of H-pyrrole nitrogens is 1. The summed E-state index contributed by atoms with van der Waals surface area (Å²) in [4.78, 5) is 52.9. The van der Waals surface area contributed by atoms with E-state index in [-0.39, 0.29) is 30.5 Å². The van der Waals surface area contributed by atoms with Crippen LogP contribution in [0.5, 0.6) is 0 Å². The number of aromatic amines is 1. The lowest BCUT2D eigenvalue weighted by molar-refractivity contribution is -0.141. The van der Waals surface area contributed by atoms with Gasteiger partial charge in [-0.25, -0.2) is 14.6 Å². The number of aromatic carboxylic acids is 1. The average Bonchev–Trinajstić information content (AvgIpc) is 3.14. The Hall–Kier alpha value is -3.69. The SMILES string of the molecule is O=C(CCNC(=O)c1ccccc1C(=O)O)N[C@@H](Cc1cnc[nH]1)C(=O)O. The fraction of sp³-hybridized carbons (Fsp3) is 0.235. The van der Waals surface area contributed by atoms with Gasteiger partial charge in [-0.05, 0) is 12.1 Å². The predicted octanol–water partition coefficient (Wildman–Crippen LogP) is 0.0399. The van der Waals surface area contributed by atoms with E-state index in [1.54, 1.807) is 0 Å². The Morgan fingerprint density at radius 3 is 2.41 bits per heavy atom. The van der Waals surface area contributed by atoms with Crippen molar-refractivity contribution < 1.29 is 29.4 Å². The van der Waals surface area contributed by atoms with E-state index in [1.165, 1.54) is 36.8 Å². The van der Waals surface area contributed by atoms with Crippen molar-refractivity contribution >= 4 is 23.8 Å². The first-order valence-corrected chi connectivity index (χ1v) is 7.98. The van der Waals surface area contributed by atoms with Crippen LogP contribution in [0.1, 0.15) is 32.8 Å². The van der Waals surface area contributed by atoms with Gasteiger partial charge >= 0.3 is 11.9 Å². The maximum atomic E-state index is 12.1. The molecule has 2 amide bonds. The van der Waals surface area contributed by atoms with Crippen molar-refractivity contribution in [3.8, 4) is 0 Å². The quantitative estimate of drug-likeness (QED) is 0.414. The molecule has 0 saturated carbocycles. The number of carbonyl (C=O) groups is 4. The number of hydrogen-bond acceptors (Lipinski definition) is 5. The third kappa shape index (κ3) is 5.66. The molecule has 0 saturated heterocycles. The zero-order valence-electron chi connectivity index (χ0n) is 14.1. The Labute approximate surface area is 153 Å². The third-order valence-electron chi connectivity index (χ3n) is 3.65. The molecule has 0 radical (unpaired) electrons. The molecule has 2 aromatic rings. The highest BCUT2D eigenvalue weighted by molar-refractivity contribution is 6.04. The number of imidazole rings is 1.